The molecule has 1 atom stereocenters. The van der Waals surface area contributed by atoms with Crippen molar-refractivity contribution in [3.05, 3.63) is 59.9 Å². The van der Waals surface area contributed by atoms with Crippen molar-refractivity contribution in [2.75, 3.05) is 13.1 Å². The fourth-order valence-corrected chi connectivity index (χ4v) is 3.38. The molecule has 122 valence electrons. The number of hydrogen-bond donors (Lipinski definition) is 0. The molecule has 5 nitrogen and oxygen atoms in total. The number of fused-ring (bicyclic) bond motifs is 1. The summed E-state index contributed by atoms with van der Waals surface area (Å²) in [7, 11) is 1.97. The van der Waals surface area contributed by atoms with Gasteiger partial charge in [-0.05, 0) is 24.6 Å². The van der Waals surface area contributed by atoms with Crippen molar-refractivity contribution >= 4 is 16.9 Å². The molecule has 0 spiro atoms. The monoisotopic (exact) mass is 324 g/mol. The first-order valence-corrected chi connectivity index (χ1v) is 7.95. The van der Waals surface area contributed by atoms with Gasteiger partial charge in [-0.15, -0.1) is 0 Å². The van der Waals surface area contributed by atoms with E-state index >= 15 is 0 Å². The lowest BCUT2D eigenvalue weighted by Gasteiger charge is -2.17. The number of hydrogen-bond acceptors (Lipinski definition) is 3. The number of benzene rings is 1. The van der Waals surface area contributed by atoms with Crippen LogP contribution in [-0.2, 0) is 7.05 Å². The zero-order valence-corrected chi connectivity index (χ0v) is 13.3. The number of pyridine rings is 1. The Morgan fingerprint density at radius 1 is 1.29 bits per heavy atom. The molecule has 3 heterocycles. The van der Waals surface area contributed by atoms with Gasteiger partial charge in [0.25, 0.3) is 5.91 Å². The van der Waals surface area contributed by atoms with E-state index in [9.17, 15) is 9.18 Å². The maximum Gasteiger partial charge on any atom is 0.256 e. The third-order valence-corrected chi connectivity index (χ3v) is 4.66. The van der Waals surface area contributed by atoms with E-state index in [0.29, 0.717) is 13.1 Å². The molecule has 3 aromatic rings. The number of likely N-dealkylation sites (tertiary alicyclic amines) is 1. The normalized spacial score (nSPS) is 17.6. The molecule has 1 aromatic carbocycles. The Morgan fingerprint density at radius 2 is 2.12 bits per heavy atom. The van der Waals surface area contributed by atoms with Crippen LogP contribution in [0.5, 0.6) is 0 Å². The molecule has 0 unspecified atom stereocenters. The van der Waals surface area contributed by atoms with Gasteiger partial charge in [-0.1, -0.05) is 12.1 Å². The molecular formula is C18H17FN4O. The molecule has 0 radical (unpaired) electrons. The summed E-state index contributed by atoms with van der Waals surface area (Å²) in [6.07, 6.45) is 4.34. The van der Waals surface area contributed by atoms with Crippen LogP contribution in [0.15, 0.2) is 42.7 Å². The summed E-state index contributed by atoms with van der Waals surface area (Å²) in [5, 5.41) is 0. The molecule has 0 aliphatic carbocycles. The minimum Gasteiger partial charge on any atom is -0.338 e. The molecule has 0 saturated carbocycles. The third-order valence-electron chi connectivity index (χ3n) is 4.66. The number of carbonyl (C=O) groups is 1. The Hall–Kier alpha value is -2.76. The van der Waals surface area contributed by atoms with Crippen LogP contribution in [0.2, 0.25) is 0 Å². The molecule has 2 aromatic heterocycles. The highest BCUT2D eigenvalue weighted by atomic mass is 19.1. The number of rotatable bonds is 2. The Morgan fingerprint density at radius 3 is 2.92 bits per heavy atom. The molecule has 24 heavy (non-hydrogen) atoms. The van der Waals surface area contributed by atoms with Gasteiger partial charge >= 0.3 is 0 Å². The predicted molar refractivity (Wildman–Crippen MR) is 88.2 cm³/mol. The zero-order chi connectivity index (χ0) is 16.7. The van der Waals surface area contributed by atoms with E-state index in [-0.39, 0.29) is 17.4 Å². The van der Waals surface area contributed by atoms with Crippen molar-refractivity contribution in [2.45, 2.75) is 12.3 Å². The van der Waals surface area contributed by atoms with Gasteiger partial charge < -0.3 is 9.47 Å². The largest absolute Gasteiger partial charge is 0.338 e. The highest BCUT2D eigenvalue weighted by Gasteiger charge is 2.31. The highest BCUT2D eigenvalue weighted by molar-refractivity contribution is 5.94. The second-order valence-corrected chi connectivity index (χ2v) is 6.11. The van der Waals surface area contributed by atoms with E-state index in [2.05, 4.69) is 9.97 Å². The van der Waals surface area contributed by atoms with E-state index in [1.165, 1.54) is 12.1 Å². The summed E-state index contributed by atoms with van der Waals surface area (Å²) in [6, 6.07) is 8.01. The number of amides is 1. The quantitative estimate of drug-likeness (QED) is 0.728. The van der Waals surface area contributed by atoms with Gasteiger partial charge in [-0.3, -0.25) is 9.78 Å². The Balaban J connectivity index is 1.59. The zero-order valence-electron chi connectivity index (χ0n) is 13.3. The first kappa shape index (κ1) is 14.8. The first-order chi connectivity index (χ1) is 11.6. The van der Waals surface area contributed by atoms with Crippen LogP contribution in [0.3, 0.4) is 0 Å². The molecule has 0 N–H and O–H groups in total. The molecule has 1 aliphatic rings. The van der Waals surface area contributed by atoms with Gasteiger partial charge in [0.1, 0.15) is 11.6 Å². The first-order valence-electron chi connectivity index (χ1n) is 7.95. The van der Waals surface area contributed by atoms with E-state index in [0.717, 1.165) is 23.3 Å². The van der Waals surface area contributed by atoms with Gasteiger partial charge in [-0.25, -0.2) is 9.37 Å². The summed E-state index contributed by atoms with van der Waals surface area (Å²) in [4.78, 5) is 23.1. The third kappa shape index (κ3) is 2.35. The summed E-state index contributed by atoms with van der Waals surface area (Å²) < 4.78 is 15.9. The molecule has 1 amide bonds. The lowest BCUT2D eigenvalue weighted by atomic mass is 10.1. The number of carbonyl (C=O) groups excluding carboxylic acids is 1. The summed E-state index contributed by atoms with van der Waals surface area (Å²) >= 11 is 0. The summed E-state index contributed by atoms with van der Waals surface area (Å²) in [6.45, 7) is 1.16. The lowest BCUT2D eigenvalue weighted by Crippen LogP contribution is -2.29. The van der Waals surface area contributed by atoms with E-state index in [4.69, 9.17) is 0 Å². The average Bonchev–Trinajstić information content (AvgIpc) is 3.20. The fourth-order valence-electron chi connectivity index (χ4n) is 3.38. The van der Waals surface area contributed by atoms with Crippen molar-refractivity contribution < 1.29 is 9.18 Å². The van der Waals surface area contributed by atoms with Crippen molar-refractivity contribution in [2.24, 2.45) is 7.05 Å². The number of aromatic nitrogens is 3. The topological polar surface area (TPSA) is 51.0 Å². The van der Waals surface area contributed by atoms with Crippen LogP contribution < -0.4 is 0 Å². The number of imidazole rings is 1. The van der Waals surface area contributed by atoms with Crippen molar-refractivity contribution in [3.63, 3.8) is 0 Å². The molecule has 4 rings (SSSR count). The van der Waals surface area contributed by atoms with E-state index in [1.807, 2.05) is 17.7 Å². The lowest BCUT2D eigenvalue weighted by molar-refractivity contribution is 0.0786. The van der Waals surface area contributed by atoms with Crippen LogP contribution in [0, 0.1) is 5.82 Å². The second kappa shape index (κ2) is 5.70. The minimum absolute atomic E-state index is 0.132. The van der Waals surface area contributed by atoms with Crippen molar-refractivity contribution in [1.82, 2.24) is 19.4 Å². The molecular weight excluding hydrogens is 307 g/mol. The van der Waals surface area contributed by atoms with Gasteiger partial charge in [0.15, 0.2) is 0 Å². The SMILES string of the molecule is Cn1c([C@H]2CCN(C(=O)c3ccccc3F)C2)nc2ccncc21. The predicted octanol–water partition coefficient (Wildman–Crippen LogP) is 2.74. The van der Waals surface area contributed by atoms with Gasteiger partial charge in [-0.2, -0.15) is 0 Å². The Kier molecular flexibility index (Phi) is 3.52. The van der Waals surface area contributed by atoms with E-state index < -0.39 is 5.82 Å². The number of nitrogens with zero attached hydrogens (tertiary/aromatic N) is 4. The van der Waals surface area contributed by atoms with Gasteiger partial charge in [0.05, 0.1) is 22.8 Å². The maximum absolute atomic E-state index is 13.8. The highest BCUT2D eigenvalue weighted by Crippen LogP contribution is 2.29. The van der Waals surface area contributed by atoms with Crippen LogP contribution in [0.4, 0.5) is 4.39 Å². The molecule has 0 bridgehead atoms. The number of aryl methyl sites for hydroxylation is 1. The molecule has 1 aliphatic heterocycles. The van der Waals surface area contributed by atoms with Gasteiger partial charge in [0, 0.05) is 32.3 Å². The van der Waals surface area contributed by atoms with E-state index in [1.54, 1.807) is 29.4 Å². The number of halogens is 1. The van der Waals surface area contributed by atoms with Crippen LogP contribution >= 0.6 is 0 Å². The smallest absolute Gasteiger partial charge is 0.256 e. The minimum atomic E-state index is -0.472. The van der Waals surface area contributed by atoms with Crippen molar-refractivity contribution in [1.29, 1.82) is 0 Å². The average molecular weight is 324 g/mol. The standard InChI is InChI=1S/C18H17FN4O/c1-22-16-10-20-8-6-15(16)21-17(22)12-7-9-23(11-12)18(24)13-4-2-3-5-14(13)19/h2-6,8,10,12H,7,9,11H2,1H3/t12-/m0/s1. The second-order valence-electron chi connectivity index (χ2n) is 6.11. The molecule has 1 fully saturated rings. The Labute approximate surface area is 138 Å². The molecule has 1 saturated heterocycles. The van der Waals surface area contributed by atoms with Crippen LogP contribution in [0.25, 0.3) is 11.0 Å². The molecule has 6 heteroatoms. The summed E-state index contributed by atoms with van der Waals surface area (Å²) in [5.74, 6) is 0.371. The fraction of sp³-hybridized carbons (Fsp3) is 0.278. The van der Waals surface area contributed by atoms with Crippen LogP contribution in [-0.4, -0.2) is 38.4 Å². The van der Waals surface area contributed by atoms with Crippen LogP contribution in [0.1, 0.15) is 28.5 Å². The Bertz CT molecular complexity index is 920. The summed E-state index contributed by atoms with van der Waals surface area (Å²) in [5.41, 5.74) is 2.01. The van der Waals surface area contributed by atoms with Gasteiger partial charge in [0.2, 0.25) is 0 Å². The maximum atomic E-state index is 13.8. The van der Waals surface area contributed by atoms with Crippen molar-refractivity contribution in [3.8, 4) is 0 Å².